The van der Waals surface area contributed by atoms with Crippen molar-refractivity contribution in [3.63, 3.8) is 0 Å². The molecule has 2 aliphatic heterocycles. The molecule has 0 atom stereocenters. The first-order valence-electron chi connectivity index (χ1n) is 27.9. The Morgan fingerprint density at radius 3 is 1.69 bits per heavy atom. The van der Waals surface area contributed by atoms with E-state index < -0.39 is 0 Å². The van der Waals surface area contributed by atoms with Crippen molar-refractivity contribution in [1.29, 1.82) is 0 Å². The van der Waals surface area contributed by atoms with Crippen LogP contribution in [0.2, 0.25) is 0 Å². The molecule has 2 aliphatic rings. The molecule has 0 unspecified atom stereocenters. The van der Waals surface area contributed by atoms with Crippen molar-refractivity contribution in [2.24, 2.45) is 0 Å². The first kappa shape index (κ1) is 48.6. The maximum Gasteiger partial charge on any atom is 0.333 e. The molecule has 0 radical (unpaired) electrons. The van der Waals surface area contributed by atoms with E-state index in [0.29, 0.717) is 0 Å². The van der Waals surface area contributed by atoms with Crippen LogP contribution in [0.25, 0.3) is 75.4 Å². The molecule has 14 rings (SSSR count). The van der Waals surface area contributed by atoms with Gasteiger partial charge >= 0.3 is 6.85 Å². The molecule has 6 heteroatoms. The number of thiophene rings is 1. The number of anilines is 6. The van der Waals surface area contributed by atoms with Crippen molar-refractivity contribution in [2.75, 3.05) is 9.80 Å². The van der Waals surface area contributed by atoms with Gasteiger partial charge < -0.3 is 18.7 Å². The van der Waals surface area contributed by atoms with Gasteiger partial charge in [-0.2, -0.15) is 0 Å². The zero-order chi connectivity index (χ0) is 53.9. The topological polar surface area (TPSA) is 24.6 Å². The van der Waals surface area contributed by atoms with Gasteiger partial charge in [-0.1, -0.05) is 198 Å². The molecule has 9 aromatic carbocycles. The third-order valence-electron chi connectivity index (χ3n) is 17.0. The van der Waals surface area contributed by atoms with E-state index >= 15 is 0 Å². The summed E-state index contributed by atoms with van der Waals surface area (Å²) in [7, 11) is 0. The third kappa shape index (κ3) is 7.32. The van der Waals surface area contributed by atoms with Gasteiger partial charge in [0.15, 0.2) is 0 Å². The summed E-state index contributed by atoms with van der Waals surface area (Å²) in [4.78, 5) is 5.15. The van der Waals surface area contributed by atoms with Gasteiger partial charge in [0.05, 0.1) is 21.6 Å². The van der Waals surface area contributed by atoms with Gasteiger partial charge in [-0.15, -0.1) is 11.3 Å². The monoisotopic (exact) mass is 1030 g/mol. The number of para-hydroxylation sites is 1. The lowest BCUT2D eigenvalue weighted by molar-refractivity contribution is 0.590. The Hall–Kier alpha value is -7.80. The Bertz CT molecular complexity index is 4360. The van der Waals surface area contributed by atoms with E-state index in [0.717, 1.165) is 44.7 Å². The number of fused-ring (bicyclic) bond motifs is 13. The molecule has 0 fully saturated rings. The Morgan fingerprint density at radius 2 is 1.04 bits per heavy atom. The second-order valence-electron chi connectivity index (χ2n) is 26.2. The standard InChI is InChI=1S/C72H66BN3OS/c1-69(2,3)44-26-32-48(33-27-44)74(49-34-28-45(29-35-49)70(4,5)6)57-39-36-52-62-64-59(42-54-50-22-16-18-24-60(50)77-67(54)62)75(56-38-31-46(71(7,8)9)40-53(56)43-20-14-13-15-21-43)58-41-47(72(10,11)12)30-37-55(58)73(64)76-65(52)63(57)68-66(76)51-23-17-19-25-61(51)78-68/h13-42H,1-12H3. The number of hydrogen-bond acceptors (Lipinski definition) is 4. The number of nitrogens with zero attached hydrogens (tertiary/aromatic N) is 3. The summed E-state index contributed by atoms with van der Waals surface area (Å²) in [5.41, 5.74) is 23.6. The van der Waals surface area contributed by atoms with E-state index in [9.17, 15) is 0 Å². The molecule has 3 aromatic heterocycles. The second-order valence-corrected chi connectivity index (χ2v) is 27.3. The third-order valence-corrected chi connectivity index (χ3v) is 18.2. The number of rotatable bonds is 5. The lowest BCUT2D eigenvalue weighted by atomic mass is 9.44. The molecule has 0 N–H and O–H groups in total. The van der Waals surface area contributed by atoms with E-state index in [4.69, 9.17) is 4.42 Å². The summed E-state index contributed by atoms with van der Waals surface area (Å²) in [6, 6.07) is 69.3. The molecule has 0 saturated carbocycles. The molecule has 384 valence electrons. The van der Waals surface area contributed by atoms with E-state index in [1.807, 2.05) is 11.3 Å². The van der Waals surface area contributed by atoms with Gasteiger partial charge in [-0.3, -0.25) is 0 Å². The average molecular weight is 1030 g/mol. The molecule has 0 bridgehead atoms. The van der Waals surface area contributed by atoms with E-state index in [-0.39, 0.29) is 28.5 Å². The SMILES string of the molecule is CC(C)(C)c1ccc(N(c2ccc(C(C)(C)C)cc2)c2ccc3c4c2c2sc5ccccc5c2n4B2c4ccc(C(C)(C)C)cc4N(c4ccc(C(C)(C)C)cc4-c4ccccc4)c4cc5c(oc6ccccc65)c-3c42)cc1. The fourth-order valence-corrected chi connectivity index (χ4v) is 14.0. The lowest BCUT2D eigenvalue weighted by Crippen LogP contribution is -2.56. The maximum absolute atomic E-state index is 7.29. The summed E-state index contributed by atoms with van der Waals surface area (Å²) < 4.78 is 12.6. The molecular weight excluding hydrogens is 966 g/mol. The van der Waals surface area contributed by atoms with Crippen LogP contribution in [0.15, 0.2) is 186 Å². The molecule has 0 spiro atoms. The Balaban J connectivity index is 1.15. The normalized spacial score (nSPS) is 13.6. The van der Waals surface area contributed by atoms with E-state index in [1.54, 1.807) is 0 Å². The fourth-order valence-electron chi connectivity index (χ4n) is 12.8. The average Bonchev–Trinajstić information content (AvgIpc) is 4.22. The summed E-state index contributed by atoms with van der Waals surface area (Å²) >= 11 is 1.92. The Kier molecular flexibility index (Phi) is 10.5. The van der Waals surface area contributed by atoms with E-state index in [1.165, 1.54) is 98.0 Å². The molecular formula is C72H66BN3OS. The quantitative estimate of drug-likeness (QED) is 0.161. The smallest absolute Gasteiger partial charge is 0.333 e. The van der Waals surface area contributed by atoms with Crippen molar-refractivity contribution < 1.29 is 4.42 Å². The largest absolute Gasteiger partial charge is 0.455 e. The molecule has 0 saturated heterocycles. The minimum absolute atomic E-state index is 0.0107. The zero-order valence-electron chi connectivity index (χ0n) is 47.1. The molecule has 5 heterocycles. The highest BCUT2D eigenvalue weighted by Gasteiger charge is 2.46. The van der Waals surface area contributed by atoms with Crippen molar-refractivity contribution in [3.05, 3.63) is 204 Å². The molecule has 4 nitrogen and oxygen atoms in total. The number of furan rings is 1. The molecule has 78 heavy (non-hydrogen) atoms. The van der Waals surface area contributed by atoms with Crippen LogP contribution in [0.3, 0.4) is 0 Å². The highest BCUT2D eigenvalue weighted by atomic mass is 32.1. The van der Waals surface area contributed by atoms with Gasteiger partial charge in [0.25, 0.3) is 0 Å². The van der Waals surface area contributed by atoms with Crippen LogP contribution < -0.4 is 20.7 Å². The molecule has 0 amide bonds. The van der Waals surface area contributed by atoms with Crippen molar-refractivity contribution in [1.82, 2.24) is 4.48 Å². The summed E-state index contributed by atoms with van der Waals surface area (Å²) in [6.07, 6.45) is 0. The van der Waals surface area contributed by atoms with Crippen LogP contribution >= 0.6 is 11.3 Å². The number of hydrogen-bond donors (Lipinski definition) is 0. The molecule has 12 aromatic rings. The highest BCUT2D eigenvalue weighted by Crippen LogP contribution is 2.56. The van der Waals surface area contributed by atoms with Gasteiger partial charge in [0, 0.05) is 71.2 Å². The van der Waals surface area contributed by atoms with Gasteiger partial charge in [-0.25, -0.2) is 0 Å². The van der Waals surface area contributed by atoms with E-state index in [2.05, 4.69) is 279 Å². The summed E-state index contributed by atoms with van der Waals surface area (Å²) in [5, 5.41) is 4.77. The van der Waals surface area contributed by atoms with Crippen LogP contribution in [0.5, 0.6) is 0 Å². The van der Waals surface area contributed by atoms with Crippen molar-refractivity contribution in [2.45, 2.75) is 105 Å². The van der Waals surface area contributed by atoms with Gasteiger partial charge in [-0.05, 0) is 127 Å². The first-order chi connectivity index (χ1) is 37.2. The van der Waals surface area contributed by atoms with Crippen LogP contribution in [-0.4, -0.2) is 11.3 Å². The Morgan fingerprint density at radius 1 is 0.462 bits per heavy atom. The number of aromatic nitrogens is 1. The van der Waals surface area contributed by atoms with Crippen LogP contribution in [0, 0.1) is 0 Å². The summed E-state index contributed by atoms with van der Waals surface area (Å²) in [5.74, 6) is 0. The predicted octanol–water partition coefficient (Wildman–Crippen LogP) is 19.7. The maximum atomic E-state index is 7.29. The fraction of sp³-hybridized carbons (Fsp3) is 0.222. The summed E-state index contributed by atoms with van der Waals surface area (Å²) in [6.45, 7) is 27.6. The number of benzene rings is 9. The van der Waals surface area contributed by atoms with Crippen LogP contribution in [0.1, 0.15) is 105 Å². The molecule has 0 aliphatic carbocycles. The highest BCUT2D eigenvalue weighted by molar-refractivity contribution is 7.27. The first-order valence-corrected chi connectivity index (χ1v) is 28.7. The zero-order valence-corrected chi connectivity index (χ0v) is 47.9. The van der Waals surface area contributed by atoms with Crippen LogP contribution in [-0.2, 0) is 21.7 Å². The minimum atomic E-state index is -0.201. The minimum Gasteiger partial charge on any atom is -0.455 e. The Labute approximate surface area is 463 Å². The lowest BCUT2D eigenvalue weighted by Gasteiger charge is -2.42. The van der Waals surface area contributed by atoms with Crippen LogP contribution in [0.4, 0.5) is 34.1 Å². The van der Waals surface area contributed by atoms with Crippen molar-refractivity contribution >= 4 is 116 Å². The van der Waals surface area contributed by atoms with Gasteiger partial charge in [0.2, 0.25) is 0 Å². The van der Waals surface area contributed by atoms with Crippen molar-refractivity contribution in [3.8, 4) is 22.3 Å². The second kappa shape index (κ2) is 16.9. The van der Waals surface area contributed by atoms with Gasteiger partial charge in [0.1, 0.15) is 11.2 Å². The predicted molar refractivity (Wildman–Crippen MR) is 338 cm³/mol.